The summed E-state index contributed by atoms with van der Waals surface area (Å²) in [5, 5.41) is 2.49. The number of ether oxygens (including phenoxy) is 1. The first-order valence-electron chi connectivity index (χ1n) is 10.6. The van der Waals surface area contributed by atoms with Crippen molar-refractivity contribution in [1.29, 1.82) is 0 Å². The minimum Gasteiger partial charge on any atom is -0.494 e. The zero-order chi connectivity index (χ0) is 23.1. The number of para-hydroxylation sites is 1. The maximum Gasteiger partial charge on any atom is 0.266 e. The van der Waals surface area contributed by atoms with Gasteiger partial charge in [-0.1, -0.05) is 47.5 Å². The van der Waals surface area contributed by atoms with Crippen molar-refractivity contribution in [1.82, 2.24) is 0 Å². The van der Waals surface area contributed by atoms with Gasteiger partial charge in [-0.05, 0) is 61.0 Å². The fourth-order valence-electron chi connectivity index (χ4n) is 4.38. The number of halogens is 2. The SMILES string of the molecule is CCOc1ccc(N2C(=O)[C@H]3[C@@H](ON(c4ccccc4)[C@H]3c3ccc(Cl)cc3Cl)C2=O)cc1. The second-order valence-electron chi connectivity index (χ2n) is 7.76. The molecule has 3 aromatic rings. The van der Waals surface area contributed by atoms with Crippen LogP contribution in [0.2, 0.25) is 10.0 Å². The smallest absolute Gasteiger partial charge is 0.266 e. The van der Waals surface area contributed by atoms with Crippen LogP contribution in [0.25, 0.3) is 0 Å². The van der Waals surface area contributed by atoms with E-state index in [-0.39, 0.29) is 5.91 Å². The maximum atomic E-state index is 13.6. The molecule has 0 aromatic heterocycles. The average molecular weight is 483 g/mol. The molecule has 2 aliphatic heterocycles. The van der Waals surface area contributed by atoms with E-state index in [4.69, 9.17) is 32.8 Å². The summed E-state index contributed by atoms with van der Waals surface area (Å²) >= 11 is 12.7. The van der Waals surface area contributed by atoms with Crippen LogP contribution in [0.1, 0.15) is 18.5 Å². The molecule has 0 radical (unpaired) electrons. The summed E-state index contributed by atoms with van der Waals surface area (Å²) < 4.78 is 5.47. The molecule has 2 heterocycles. The first-order valence-corrected chi connectivity index (χ1v) is 11.3. The van der Waals surface area contributed by atoms with Gasteiger partial charge in [0.1, 0.15) is 11.7 Å². The van der Waals surface area contributed by atoms with Gasteiger partial charge in [0.2, 0.25) is 5.91 Å². The van der Waals surface area contributed by atoms with Gasteiger partial charge in [-0.25, -0.2) is 9.96 Å². The molecular weight excluding hydrogens is 463 g/mol. The lowest BCUT2D eigenvalue weighted by Crippen LogP contribution is -2.37. The number of benzene rings is 3. The van der Waals surface area contributed by atoms with Crippen molar-refractivity contribution < 1.29 is 19.2 Å². The van der Waals surface area contributed by atoms with Gasteiger partial charge < -0.3 is 4.74 Å². The number of rotatable bonds is 5. The molecule has 6 nitrogen and oxygen atoms in total. The largest absolute Gasteiger partial charge is 0.494 e. The van der Waals surface area contributed by atoms with Crippen LogP contribution in [0, 0.1) is 5.92 Å². The van der Waals surface area contributed by atoms with Crippen LogP contribution in [0.4, 0.5) is 11.4 Å². The van der Waals surface area contributed by atoms with Crippen molar-refractivity contribution in [2.24, 2.45) is 5.92 Å². The number of nitrogens with zero attached hydrogens (tertiary/aromatic N) is 2. The summed E-state index contributed by atoms with van der Waals surface area (Å²) in [6.45, 7) is 2.41. The van der Waals surface area contributed by atoms with E-state index in [9.17, 15) is 9.59 Å². The van der Waals surface area contributed by atoms with E-state index in [1.54, 1.807) is 47.5 Å². The van der Waals surface area contributed by atoms with Gasteiger partial charge in [-0.15, -0.1) is 0 Å². The third-order valence-electron chi connectivity index (χ3n) is 5.81. The minimum absolute atomic E-state index is 0.344. The highest BCUT2D eigenvalue weighted by atomic mass is 35.5. The summed E-state index contributed by atoms with van der Waals surface area (Å²) in [4.78, 5) is 34.3. The molecule has 0 spiro atoms. The number of imide groups is 1. The van der Waals surface area contributed by atoms with E-state index in [1.165, 1.54) is 4.90 Å². The van der Waals surface area contributed by atoms with Crippen LogP contribution >= 0.6 is 23.2 Å². The summed E-state index contributed by atoms with van der Waals surface area (Å²) in [7, 11) is 0. The Balaban J connectivity index is 1.55. The molecular formula is C25H20Cl2N2O4. The molecule has 5 rings (SSSR count). The van der Waals surface area contributed by atoms with Crippen LogP contribution in [0.15, 0.2) is 72.8 Å². The van der Waals surface area contributed by atoms with Crippen molar-refractivity contribution in [2.75, 3.05) is 16.6 Å². The van der Waals surface area contributed by atoms with Crippen LogP contribution in [-0.4, -0.2) is 24.5 Å². The van der Waals surface area contributed by atoms with E-state index < -0.39 is 24.0 Å². The van der Waals surface area contributed by atoms with Crippen LogP contribution in [0.3, 0.4) is 0 Å². The van der Waals surface area contributed by atoms with Gasteiger partial charge in [0.05, 0.1) is 24.0 Å². The number of hydrogen-bond acceptors (Lipinski definition) is 5. The zero-order valence-corrected chi connectivity index (χ0v) is 19.2. The Kier molecular flexibility index (Phi) is 5.74. The van der Waals surface area contributed by atoms with Crippen LogP contribution in [-0.2, 0) is 14.4 Å². The highest BCUT2D eigenvalue weighted by Crippen LogP contribution is 2.49. The predicted octanol–water partition coefficient (Wildman–Crippen LogP) is 5.44. The maximum absolute atomic E-state index is 13.6. The zero-order valence-electron chi connectivity index (χ0n) is 17.7. The minimum atomic E-state index is -0.971. The molecule has 2 saturated heterocycles. The number of amides is 2. The summed E-state index contributed by atoms with van der Waals surface area (Å²) in [5.41, 5.74) is 1.85. The van der Waals surface area contributed by atoms with Gasteiger partial charge >= 0.3 is 0 Å². The van der Waals surface area contributed by atoms with Crippen molar-refractivity contribution in [3.8, 4) is 5.75 Å². The van der Waals surface area contributed by atoms with E-state index in [0.29, 0.717) is 33.7 Å². The fraction of sp³-hybridized carbons (Fsp3) is 0.200. The fourth-order valence-corrected chi connectivity index (χ4v) is 4.90. The predicted molar refractivity (Wildman–Crippen MR) is 127 cm³/mol. The van der Waals surface area contributed by atoms with Crippen molar-refractivity contribution in [3.05, 3.63) is 88.4 Å². The van der Waals surface area contributed by atoms with Gasteiger partial charge in [0, 0.05) is 10.0 Å². The highest BCUT2D eigenvalue weighted by Gasteiger charge is 2.60. The van der Waals surface area contributed by atoms with Gasteiger partial charge in [0.25, 0.3) is 5.91 Å². The monoisotopic (exact) mass is 482 g/mol. The van der Waals surface area contributed by atoms with Crippen LogP contribution < -0.4 is 14.7 Å². The Hall–Kier alpha value is -3.06. The first kappa shape index (κ1) is 21.8. The number of anilines is 2. The third kappa shape index (κ3) is 3.74. The molecule has 0 N–H and O–H groups in total. The normalized spacial score (nSPS) is 22.1. The van der Waals surface area contributed by atoms with Crippen molar-refractivity contribution in [2.45, 2.75) is 19.1 Å². The molecule has 2 fully saturated rings. The molecule has 0 unspecified atom stereocenters. The van der Waals surface area contributed by atoms with Crippen molar-refractivity contribution in [3.63, 3.8) is 0 Å². The standard InChI is InChI=1S/C25H20Cl2N2O4/c1-2-32-18-11-9-16(10-12-18)28-24(30)21-22(19-13-8-15(26)14-20(19)27)29(33-23(21)25(28)31)17-6-4-3-5-7-17/h3-14,21-23H,2H2,1H3/t21-,22+,23-/m1/s1. The second-order valence-corrected chi connectivity index (χ2v) is 8.61. The molecule has 8 heteroatoms. The molecule has 168 valence electrons. The molecule has 2 aliphatic rings. The molecule has 0 bridgehead atoms. The molecule has 0 aliphatic carbocycles. The molecule has 3 aromatic carbocycles. The van der Waals surface area contributed by atoms with Gasteiger partial charge in [-0.3, -0.25) is 14.4 Å². The molecule has 3 atom stereocenters. The van der Waals surface area contributed by atoms with Gasteiger partial charge in [0.15, 0.2) is 6.10 Å². The summed E-state index contributed by atoms with van der Waals surface area (Å²) in [5.74, 6) is -0.868. The van der Waals surface area contributed by atoms with Gasteiger partial charge in [-0.2, -0.15) is 0 Å². The lowest BCUT2D eigenvalue weighted by Gasteiger charge is -2.29. The Morgan fingerprint density at radius 2 is 1.64 bits per heavy atom. The Labute approximate surface area is 201 Å². The Bertz CT molecular complexity index is 1200. The number of fused-ring (bicyclic) bond motifs is 1. The van der Waals surface area contributed by atoms with Crippen molar-refractivity contribution >= 4 is 46.4 Å². The summed E-state index contributed by atoms with van der Waals surface area (Å²) in [6, 6.07) is 20.7. The topological polar surface area (TPSA) is 59.1 Å². The average Bonchev–Trinajstić information content (AvgIpc) is 3.31. The molecule has 0 saturated carbocycles. The number of hydroxylamine groups is 1. The van der Waals surface area contributed by atoms with E-state index >= 15 is 0 Å². The quantitative estimate of drug-likeness (QED) is 0.453. The number of carbonyl (C=O) groups is 2. The lowest BCUT2D eigenvalue weighted by atomic mass is 9.90. The second kappa shape index (κ2) is 8.71. The van der Waals surface area contributed by atoms with E-state index in [1.807, 2.05) is 37.3 Å². The molecule has 33 heavy (non-hydrogen) atoms. The lowest BCUT2D eigenvalue weighted by molar-refractivity contribution is -0.126. The first-order chi connectivity index (χ1) is 16.0. The Morgan fingerprint density at radius 3 is 2.30 bits per heavy atom. The number of hydrogen-bond donors (Lipinski definition) is 0. The van der Waals surface area contributed by atoms with E-state index in [0.717, 1.165) is 5.69 Å². The molecule has 2 amide bonds. The summed E-state index contributed by atoms with van der Waals surface area (Å²) in [6.07, 6.45) is -0.971. The Morgan fingerprint density at radius 1 is 0.909 bits per heavy atom. The van der Waals surface area contributed by atoms with E-state index in [2.05, 4.69) is 0 Å². The highest BCUT2D eigenvalue weighted by molar-refractivity contribution is 6.35. The third-order valence-corrected chi connectivity index (χ3v) is 6.38. The van der Waals surface area contributed by atoms with Crippen LogP contribution in [0.5, 0.6) is 5.75 Å². The number of carbonyl (C=O) groups excluding carboxylic acids is 2.